The number of methoxy groups -OCH3 is 1. The standard InChI is InChI=1S/C18H21NO3/c1-18(17(21)22-2)10-13(11-20)16(19-18)15-9-5-7-12-6-3-4-8-14(12)15/h3-9,13,16,19-20H,10-11H2,1-2H3/t13-,16+,18+/m1/s1. The summed E-state index contributed by atoms with van der Waals surface area (Å²) in [5, 5.41) is 15.5. The third-order valence-electron chi connectivity index (χ3n) is 4.64. The predicted octanol–water partition coefficient (Wildman–Crippen LogP) is 2.41. The van der Waals surface area contributed by atoms with Crippen LogP contribution in [0.15, 0.2) is 42.5 Å². The van der Waals surface area contributed by atoms with Gasteiger partial charge in [-0.3, -0.25) is 10.1 Å². The Kier molecular flexibility index (Phi) is 3.89. The number of carbonyl (C=O) groups excluding carboxylic acids is 1. The molecular formula is C18H21NO3. The maximum atomic E-state index is 12.1. The second-order valence-electron chi connectivity index (χ2n) is 6.16. The quantitative estimate of drug-likeness (QED) is 0.855. The van der Waals surface area contributed by atoms with Gasteiger partial charge in [-0.15, -0.1) is 0 Å². The Labute approximate surface area is 130 Å². The average Bonchev–Trinajstić information content (AvgIpc) is 2.91. The van der Waals surface area contributed by atoms with Crippen LogP contribution < -0.4 is 5.32 Å². The molecule has 22 heavy (non-hydrogen) atoms. The van der Waals surface area contributed by atoms with Crippen molar-refractivity contribution in [1.29, 1.82) is 0 Å². The number of benzene rings is 2. The molecule has 0 amide bonds. The van der Waals surface area contributed by atoms with Gasteiger partial charge < -0.3 is 9.84 Å². The Morgan fingerprint density at radius 1 is 1.32 bits per heavy atom. The minimum atomic E-state index is -0.760. The third-order valence-corrected chi connectivity index (χ3v) is 4.64. The van der Waals surface area contributed by atoms with Crippen LogP contribution in [0.4, 0.5) is 0 Å². The molecule has 3 rings (SSSR count). The molecule has 1 aliphatic rings. The van der Waals surface area contributed by atoms with E-state index in [0.29, 0.717) is 6.42 Å². The van der Waals surface area contributed by atoms with Crippen LogP contribution in [0.1, 0.15) is 24.9 Å². The van der Waals surface area contributed by atoms with Crippen LogP contribution in [0, 0.1) is 5.92 Å². The molecule has 1 heterocycles. The van der Waals surface area contributed by atoms with Crippen LogP contribution in [-0.4, -0.2) is 30.3 Å². The SMILES string of the molecule is COC(=O)[C@]1(C)C[C@H](CO)[C@@H](c2cccc3ccccc23)N1. The molecule has 4 heteroatoms. The highest BCUT2D eigenvalue weighted by atomic mass is 16.5. The van der Waals surface area contributed by atoms with Gasteiger partial charge in [-0.1, -0.05) is 42.5 Å². The fourth-order valence-corrected chi connectivity index (χ4v) is 3.55. The Balaban J connectivity index is 2.04. The molecule has 0 aromatic heterocycles. The van der Waals surface area contributed by atoms with Gasteiger partial charge in [0.25, 0.3) is 0 Å². The smallest absolute Gasteiger partial charge is 0.325 e. The Morgan fingerprint density at radius 2 is 2.05 bits per heavy atom. The first-order valence-corrected chi connectivity index (χ1v) is 7.53. The van der Waals surface area contributed by atoms with Gasteiger partial charge in [0.1, 0.15) is 5.54 Å². The molecule has 1 aliphatic heterocycles. The molecule has 2 aromatic rings. The molecule has 1 fully saturated rings. The predicted molar refractivity (Wildman–Crippen MR) is 85.4 cm³/mol. The van der Waals surface area contributed by atoms with Crippen molar-refractivity contribution >= 4 is 16.7 Å². The molecule has 0 spiro atoms. The van der Waals surface area contributed by atoms with Crippen LogP contribution in [0.25, 0.3) is 10.8 Å². The van der Waals surface area contributed by atoms with Crippen LogP contribution in [0.3, 0.4) is 0 Å². The molecule has 0 aliphatic carbocycles. The molecule has 2 aromatic carbocycles. The summed E-state index contributed by atoms with van der Waals surface area (Å²) in [6, 6.07) is 14.2. The topological polar surface area (TPSA) is 58.6 Å². The first-order valence-electron chi connectivity index (χ1n) is 7.53. The number of hydrogen-bond acceptors (Lipinski definition) is 4. The number of fused-ring (bicyclic) bond motifs is 1. The second-order valence-corrected chi connectivity index (χ2v) is 6.16. The maximum Gasteiger partial charge on any atom is 0.325 e. The average molecular weight is 299 g/mol. The summed E-state index contributed by atoms with van der Waals surface area (Å²) in [7, 11) is 1.40. The number of hydrogen-bond donors (Lipinski definition) is 2. The molecule has 2 N–H and O–H groups in total. The highest BCUT2D eigenvalue weighted by molar-refractivity contribution is 5.87. The van der Waals surface area contributed by atoms with Crippen LogP contribution in [-0.2, 0) is 9.53 Å². The summed E-state index contributed by atoms with van der Waals surface area (Å²) in [6.45, 7) is 1.88. The number of aliphatic hydroxyl groups excluding tert-OH is 1. The van der Waals surface area contributed by atoms with Crippen molar-refractivity contribution in [3.05, 3.63) is 48.0 Å². The fraction of sp³-hybridized carbons (Fsp3) is 0.389. The van der Waals surface area contributed by atoms with E-state index < -0.39 is 5.54 Å². The molecular weight excluding hydrogens is 278 g/mol. The highest BCUT2D eigenvalue weighted by Crippen LogP contribution is 2.40. The van der Waals surface area contributed by atoms with Gasteiger partial charge in [-0.2, -0.15) is 0 Å². The van der Waals surface area contributed by atoms with E-state index in [1.54, 1.807) is 0 Å². The van der Waals surface area contributed by atoms with Gasteiger partial charge in [0, 0.05) is 18.6 Å². The maximum absolute atomic E-state index is 12.1. The minimum Gasteiger partial charge on any atom is -0.468 e. The molecule has 0 saturated carbocycles. The lowest BCUT2D eigenvalue weighted by atomic mass is 9.89. The Morgan fingerprint density at radius 3 is 2.77 bits per heavy atom. The lowest BCUT2D eigenvalue weighted by molar-refractivity contribution is -0.147. The normalized spacial score (nSPS) is 28.0. The van der Waals surface area contributed by atoms with Gasteiger partial charge in [-0.25, -0.2) is 0 Å². The number of carbonyl (C=O) groups is 1. The van der Waals surface area contributed by atoms with Gasteiger partial charge in [-0.05, 0) is 29.7 Å². The van der Waals surface area contributed by atoms with E-state index in [1.165, 1.54) is 7.11 Å². The lowest BCUT2D eigenvalue weighted by Crippen LogP contribution is -2.46. The molecule has 0 unspecified atom stereocenters. The van der Waals surface area contributed by atoms with E-state index in [4.69, 9.17) is 4.74 Å². The molecule has 1 saturated heterocycles. The summed E-state index contributed by atoms with van der Waals surface area (Å²) >= 11 is 0. The number of esters is 1. The van der Waals surface area contributed by atoms with Crippen molar-refractivity contribution in [3.63, 3.8) is 0 Å². The number of rotatable bonds is 3. The summed E-state index contributed by atoms with van der Waals surface area (Å²) in [6.07, 6.45) is 0.560. The fourth-order valence-electron chi connectivity index (χ4n) is 3.55. The largest absolute Gasteiger partial charge is 0.468 e. The highest BCUT2D eigenvalue weighted by Gasteiger charge is 2.47. The zero-order valence-electron chi connectivity index (χ0n) is 12.9. The number of ether oxygens (including phenoxy) is 1. The minimum absolute atomic E-state index is 0.0186. The van der Waals surface area contributed by atoms with Gasteiger partial charge >= 0.3 is 5.97 Å². The van der Waals surface area contributed by atoms with Gasteiger partial charge in [0.15, 0.2) is 0 Å². The Bertz CT molecular complexity index is 694. The van der Waals surface area contributed by atoms with Crippen LogP contribution in [0.2, 0.25) is 0 Å². The van der Waals surface area contributed by atoms with Crippen LogP contribution in [0.5, 0.6) is 0 Å². The third kappa shape index (κ3) is 2.38. The summed E-state index contributed by atoms with van der Waals surface area (Å²) in [5.41, 5.74) is 0.355. The molecule has 3 atom stereocenters. The second kappa shape index (κ2) is 5.71. The molecule has 0 radical (unpaired) electrons. The molecule has 4 nitrogen and oxygen atoms in total. The number of aliphatic hydroxyl groups is 1. The van der Waals surface area contributed by atoms with E-state index in [0.717, 1.165) is 16.3 Å². The van der Waals surface area contributed by atoms with Crippen LogP contribution >= 0.6 is 0 Å². The van der Waals surface area contributed by atoms with Crippen molar-refractivity contribution in [3.8, 4) is 0 Å². The van der Waals surface area contributed by atoms with E-state index in [-0.39, 0.29) is 24.5 Å². The van der Waals surface area contributed by atoms with Crippen molar-refractivity contribution < 1.29 is 14.6 Å². The summed E-state index contributed by atoms with van der Waals surface area (Å²) in [5.74, 6) is -0.302. The Hall–Kier alpha value is -1.91. The zero-order chi connectivity index (χ0) is 15.7. The van der Waals surface area contributed by atoms with E-state index in [2.05, 4.69) is 29.6 Å². The van der Waals surface area contributed by atoms with Crippen molar-refractivity contribution in [2.24, 2.45) is 5.92 Å². The van der Waals surface area contributed by atoms with Crippen molar-refractivity contribution in [2.75, 3.05) is 13.7 Å². The monoisotopic (exact) mass is 299 g/mol. The van der Waals surface area contributed by atoms with Crippen molar-refractivity contribution in [2.45, 2.75) is 24.9 Å². The van der Waals surface area contributed by atoms with Crippen molar-refractivity contribution in [1.82, 2.24) is 5.32 Å². The van der Waals surface area contributed by atoms with Gasteiger partial charge in [0.2, 0.25) is 0 Å². The first kappa shape index (κ1) is 15.0. The lowest BCUT2D eigenvalue weighted by Gasteiger charge is -2.23. The zero-order valence-corrected chi connectivity index (χ0v) is 12.9. The summed E-state index contributed by atoms with van der Waals surface area (Å²) in [4.78, 5) is 12.1. The van der Waals surface area contributed by atoms with E-state index >= 15 is 0 Å². The molecule has 0 bridgehead atoms. The number of nitrogens with one attached hydrogen (secondary N) is 1. The molecule has 116 valence electrons. The van der Waals surface area contributed by atoms with Gasteiger partial charge in [0.05, 0.1) is 7.11 Å². The van der Waals surface area contributed by atoms with E-state index in [1.807, 2.05) is 25.1 Å². The van der Waals surface area contributed by atoms with E-state index in [9.17, 15) is 9.90 Å². The first-order chi connectivity index (χ1) is 10.6. The summed E-state index contributed by atoms with van der Waals surface area (Å²) < 4.78 is 4.92.